The number of carbonyl (C=O) groups excluding carboxylic acids is 2. The molecular formula is C64H97N21O9S3. The molecule has 97 heavy (non-hydrogen) atoms. The number of hydrogen-bond acceptors (Lipinski definition) is 22. The number of sulfonamides is 3. The van der Waals surface area contributed by atoms with Crippen LogP contribution in [0.25, 0.3) is 34.2 Å². The Morgan fingerprint density at radius 2 is 0.825 bits per heavy atom. The van der Waals surface area contributed by atoms with Crippen LogP contribution < -0.4 is 35.4 Å². The third kappa shape index (κ3) is 19.1. The number of likely N-dealkylation sites (tertiary alicyclic amines) is 2. The van der Waals surface area contributed by atoms with Crippen molar-refractivity contribution < 1.29 is 39.6 Å². The fourth-order valence-corrected chi connectivity index (χ4v) is 15.6. The van der Waals surface area contributed by atoms with Gasteiger partial charge < -0.3 is 35.8 Å². The minimum absolute atomic E-state index is 0.0407. The number of nitrogens with zero attached hydrogens (tertiary/aromatic N) is 14. The Kier molecular flexibility index (Phi) is 24.3. The molecule has 6 aromatic rings. The monoisotopic (exact) mass is 1400 g/mol. The van der Waals surface area contributed by atoms with Crippen LogP contribution in [-0.4, -0.2) is 192 Å². The number of ether oxygens (including phenoxy) is 1. The van der Waals surface area contributed by atoms with E-state index in [-0.39, 0.29) is 44.8 Å². The first-order valence-corrected chi connectivity index (χ1v) is 38.8. The van der Waals surface area contributed by atoms with Crippen LogP contribution in [0.4, 0.5) is 21.9 Å². The van der Waals surface area contributed by atoms with Gasteiger partial charge in [0.1, 0.15) is 5.60 Å². The number of piperidine rings is 3. The van der Waals surface area contributed by atoms with Crippen molar-refractivity contribution in [1.82, 2.24) is 89.9 Å². The molecule has 0 spiro atoms. The molecule has 30 nitrogen and oxygen atoms in total. The van der Waals surface area contributed by atoms with E-state index in [4.69, 9.17) is 4.74 Å². The Morgan fingerprint density at radius 1 is 0.474 bits per heavy atom. The molecule has 6 fully saturated rings. The lowest BCUT2D eigenvalue weighted by Gasteiger charge is -2.33. The van der Waals surface area contributed by atoms with Crippen LogP contribution in [0.2, 0.25) is 0 Å². The van der Waals surface area contributed by atoms with Crippen molar-refractivity contribution in [2.24, 2.45) is 0 Å². The molecule has 3 aliphatic heterocycles. The Bertz CT molecular complexity index is 3970. The molecule has 3 aromatic heterocycles. The molecule has 3 aliphatic carbocycles. The first-order valence-electron chi connectivity index (χ1n) is 34.4. The lowest BCUT2D eigenvalue weighted by atomic mass is 9.95. The summed E-state index contributed by atoms with van der Waals surface area (Å²) in [6, 6.07) is 16.0. The zero-order valence-electron chi connectivity index (χ0n) is 56.9. The van der Waals surface area contributed by atoms with Crippen LogP contribution in [0.1, 0.15) is 181 Å². The van der Waals surface area contributed by atoms with Gasteiger partial charge in [0.25, 0.3) is 0 Å². The molecule has 2 amide bonds. The molecule has 0 radical (unpaired) electrons. The zero-order valence-corrected chi connectivity index (χ0v) is 59.4. The van der Waals surface area contributed by atoms with Gasteiger partial charge in [-0.1, -0.05) is 57.8 Å². The third-order valence-electron chi connectivity index (χ3n) is 18.8. The number of benzene rings is 3. The Hall–Kier alpha value is -7.30. The van der Waals surface area contributed by atoms with Crippen LogP contribution in [0.5, 0.6) is 0 Å². The molecule has 3 aromatic carbocycles. The standard InChI is InChI=1S/C24H37N7O4S.C21H31N7O3S.C19H29N7O2S/c1-24(2,3)35-23(32)30-14-8-11-18(16-30)31-28-22(27-29-31)20-15-19(36(33,34)25-4)12-13-21(20)26-17-9-6-5-7-10-17;1-15(29)27-12-6-9-17(14-27)28-25-21(24-26-28)19-13-18(32(30,31)22-2)10-11-20(19)23-16-7-4-3-5-8-16;1-20-29(27,28)16-9-10-18(22-14-6-3-2-4-7-14)17(12-16)19-23-25-26(24-19)15-8-5-11-21-13-15/h12-13,15,17-18,25-26H,5-11,14,16H2,1-4H3;10-11,13,16-17,22-23H,3-9,12,14H2,1-2H3;9-10,12,14-15,20-22H,2-8,11,13H2,1H3. The van der Waals surface area contributed by atoms with E-state index in [1.54, 1.807) is 74.8 Å². The molecule has 12 rings (SSSR count). The maximum absolute atomic E-state index is 12.6. The summed E-state index contributed by atoms with van der Waals surface area (Å²) in [5.41, 5.74) is 3.75. The Morgan fingerprint density at radius 3 is 1.16 bits per heavy atom. The van der Waals surface area contributed by atoms with Crippen molar-refractivity contribution in [2.75, 3.05) is 76.4 Å². The van der Waals surface area contributed by atoms with E-state index in [0.717, 1.165) is 114 Å². The average molecular weight is 1400 g/mol. The van der Waals surface area contributed by atoms with Crippen molar-refractivity contribution in [2.45, 2.75) is 219 Å². The zero-order chi connectivity index (χ0) is 68.9. The summed E-state index contributed by atoms with van der Waals surface area (Å²) in [7, 11) is -6.63. The van der Waals surface area contributed by atoms with E-state index in [9.17, 15) is 34.8 Å². The van der Waals surface area contributed by atoms with Gasteiger partial charge in [0, 0.05) is 91.5 Å². The second-order valence-electron chi connectivity index (χ2n) is 27.0. The fraction of sp³-hybridized carbons (Fsp3) is 0.641. The van der Waals surface area contributed by atoms with Gasteiger partial charge in [-0.15, -0.1) is 30.6 Å². The van der Waals surface area contributed by atoms with E-state index in [1.165, 1.54) is 83.7 Å². The predicted octanol–water partition coefficient (Wildman–Crippen LogP) is 7.66. The molecule has 33 heteroatoms. The molecular weight excluding hydrogens is 1300 g/mol. The fourth-order valence-electron chi connectivity index (χ4n) is 13.3. The van der Waals surface area contributed by atoms with Gasteiger partial charge in [0.05, 0.1) is 32.8 Å². The van der Waals surface area contributed by atoms with E-state index >= 15 is 0 Å². The highest BCUT2D eigenvalue weighted by Crippen LogP contribution is 2.36. The molecule has 7 N–H and O–H groups in total. The molecule has 6 heterocycles. The average Bonchev–Trinajstić information content (AvgIpc) is 1.79. The number of hydrogen-bond donors (Lipinski definition) is 7. The highest BCUT2D eigenvalue weighted by Gasteiger charge is 2.32. The van der Waals surface area contributed by atoms with Crippen LogP contribution in [0.15, 0.2) is 69.3 Å². The van der Waals surface area contributed by atoms with E-state index in [2.05, 4.69) is 81.7 Å². The number of nitrogens with one attached hydrogen (secondary N) is 7. The number of carbonyl (C=O) groups is 2. The number of anilines is 3. The summed E-state index contributed by atoms with van der Waals surface area (Å²) < 4.78 is 87.1. The number of tetrazole rings is 3. The molecule has 3 saturated carbocycles. The first-order chi connectivity index (χ1) is 46.5. The largest absolute Gasteiger partial charge is 0.444 e. The highest BCUT2D eigenvalue weighted by atomic mass is 32.2. The summed E-state index contributed by atoms with van der Waals surface area (Å²) >= 11 is 0. The topological polar surface area (TPSA) is 367 Å². The second-order valence-corrected chi connectivity index (χ2v) is 32.6. The molecule has 6 aliphatic rings. The van der Waals surface area contributed by atoms with Gasteiger partial charge in [-0.2, -0.15) is 14.4 Å². The minimum Gasteiger partial charge on any atom is -0.444 e. The SMILES string of the molecule is CNS(=O)(=O)c1ccc(NC2CCCCC2)c(-c2nnn(C3CCCN(C(=O)OC(C)(C)C)C3)n2)c1.CNS(=O)(=O)c1ccc(NC2CCCCC2)c(-c2nnn(C3CCCN(C(C)=O)C3)n2)c1.CNS(=O)(=O)c1ccc(NC2CCCCC2)c(-c2nnn(C3CCCNC3)n2)c1. The van der Waals surface area contributed by atoms with Crippen molar-refractivity contribution in [3.8, 4) is 34.2 Å². The number of aromatic nitrogens is 12. The minimum atomic E-state index is -3.64. The summed E-state index contributed by atoms with van der Waals surface area (Å²) in [5, 5.41) is 53.5. The Labute approximate surface area is 569 Å². The molecule has 3 saturated heterocycles. The van der Waals surface area contributed by atoms with Crippen molar-refractivity contribution in [1.29, 1.82) is 0 Å². The van der Waals surface area contributed by atoms with Crippen LogP contribution in [0, 0.1) is 0 Å². The van der Waals surface area contributed by atoms with E-state index in [0.29, 0.717) is 71.9 Å². The smallest absolute Gasteiger partial charge is 0.410 e. The lowest BCUT2D eigenvalue weighted by molar-refractivity contribution is -0.130. The maximum Gasteiger partial charge on any atom is 0.410 e. The second kappa shape index (κ2) is 32.6. The summed E-state index contributed by atoms with van der Waals surface area (Å²) in [6.07, 6.45) is 22.5. The van der Waals surface area contributed by atoms with Gasteiger partial charge >= 0.3 is 6.09 Å². The number of rotatable bonds is 18. The van der Waals surface area contributed by atoms with Crippen LogP contribution >= 0.6 is 0 Å². The van der Waals surface area contributed by atoms with Crippen molar-refractivity contribution in [3.05, 3.63) is 54.6 Å². The van der Waals surface area contributed by atoms with Gasteiger partial charge in [0.15, 0.2) is 0 Å². The summed E-state index contributed by atoms with van der Waals surface area (Å²) in [4.78, 5) is 33.1. The summed E-state index contributed by atoms with van der Waals surface area (Å²) in [6.45, 7) is 11.3. The molecule has 3 atom stereocenters. The van der Waals surface area contributed by atoms with E-state index in [1.807, 2.05) is 26.8 Å². The van der Waals surface area contributed by atoms with Crippen LogP contribution in [-0.2, 0) is 39.6 Å². The third-order valence-corrected chi connectivity index (χ3v) is 23.0. The van der Waals surface area contributed by atoms with E-state index < -0.39 is 35.7 Å². The quantitative estimate of drug-likeness (QED) is 0.0434. The van der Waals surface area contributed by atoms with Crippen molar-refractivity contribution >= 4 is 59.1 Å². The van der Waals surface area contributed by atoms with Gasteiger partial charge in [-0.05, 0) is 196 Å². The summed E-state index contributed by atoms with van der Waals surface area (Å²) in [5.74, 6) is 1.20. The molecule has 3 unspecified atom stereocenters. The number of amides is 2. The van der Waals surface area contributed by atoms with Gasteiger partial charge in [-0.25, -0.2) is 44.2 Å². The van der Waals surface area contributed by atoms with Crippen molar-refractivity contribution in [3.63, 3.8) is 0 Å². The normalized spacial score (nSPS) is 20.4. The lowest BCUT2D eigenvalue weighted by Crippen LogP contribution is -2.43. The molecule has 0 bridgehead atoms. The first kappa shape index (κ1) is 72.4. The molecule has 530 valence electrons. The van der Waals surface area contributed by atoms with Gasteiger partial charge in [0.2, 0.25) is 53.5 Å². The maximum atomic E-state index is 12.6. The predicted molar refractivity (Wildman–Crippen MR) is 368 cm³/mol. The van der Waals surface area contributed by atoms with Gasteiger partial charge in [-0.3, -0.25) is 4.79 Å². The Balaban J connectivity index is 0.000000159. The van der Waals surface area contributed by atoms with Crippen LogP contribution in [0.3, 0.4) is 0 Å². The highest BCUT2D eigenvalue weighted by molar-refractivity contribution is 7.90.